The first-order valence-electron chi connectivity index (χ1n) is 34.2. The van der Waals surface area contributed by atoms with Crippen LogP contribution in [-0.2, 0) is 10.8 Å². The number of pyridine rings is 1. The highest BCUT2D eigenvalue weighted by Crippen LogP contribution is 2.66. The van der Waals surface area contributed by atoms with E-state index in [1.165, 1.54) is 135 Å². The van der Waals surface area contributed by atoms with E-state index in [9.17, 15) is 5.26 Å². The lowest BCUT2D eigenvalue weighted by Crippen LogP contribution is -2.32. The van der Waals surface area contributed by atoms with Gasteiger partial charge in [-0.2, -0.15) is 5.26 Å². The van der Waals surface area contributed by atoms with E-state index >= 15 is 0 Å². The fraction of sp³-hybridized carbons (Fsp3) is 0.0213. The fourth-order valence-corrected chi connectivity index (χ4v) is 20.6. The monoisotopic (exact) mass is 1300 g/mol. The van der Waals surface area contributed by atoms with Crippen LogP contribution in [0.4, 0.5) is 0 Å². The molecule has 0 radical (unpaired) electrons. The second-order valence-corrected chi connectivity index (χ2v) is 29.2. The van der Waals surface area contributed by atoms with Crippen LogP contribution in [0.25, 0.3) is 132 Å². The van der Waals surface area contributed by atoms with Crippen molar-refractivity contribution in [3.8, 4) is 73.3 Å². The zero-order valence-corrected chi connectivity index (χ0v) is 55.4. The van der Waals surface area contributed by atoms with Gasteiger partial charge in [-0.1, -0.05) is 272 Å². The lowest BCUT2D eigenvalue weighted by atomic mass is 9.67. The summed E-state index contributed by atoms with van der Waals surface area (Å²) in [5.41, 5.74) is 27.0. The Morgan fingerprint density at radius 3 is 1.41 bits per heavy atom. The van der Waals surface area contributed by atoms with Crippen molar-refractivity contribution in [3.05, 3.63) is 378 Å². The van der Waals surface area contributed by atoms with Gasteiger partial charge in [0.25, 0.3) is 0 Å². The molecular weight excluding hydrogens is 1250 g/mol. The lowest BCUT2D eigenvalue weighted by Gasteiger charge is -2.40. The van der Waals surface area contributed by atoms with E-state index in [2.05, 4.69) is 331 Å². The molecule has 15 aromatic carbocycles. The molecule has 5 heterocycles. The molecule has 0 saturated carbocycles. The third-order valence-electron chi connectivity index (χ3n) is 22.2. The van der Waals surface area contributed by atoms with Gasteiger partial charge < -0.3 is 4.57 Å². The third kappa shape index (κ3) is 7.49. The second kappa shape index (κ2) is 20.9. The van der Waals surface area contributed by atoms with Crippen molar-refractivity contribution in [2.75, 3.05) is 0 Å². The summed E-state index contributed by atoms with van der Waals surface area (Å²) in [5.74, 6) is 0.858. The number of nitriles is 1. The Bertz CT molecular complexity index is 6640. The Hall–Kier alpha value is -12.2. The van der Waals surface area contributed by atoms with Gasteiger partial charge in [0.15, 0.2) is 0 Å². The molecule has 462 valence electrons. The summed E-state index contributed by atoms with van der Waals surface area (Å²) in [7, 11) is 0. The molecule has 3 aromatic heterocycles. The topological polar surface area (TPSA) is 46.5 Å². The summed E-state index contributed by atoms with van der Waals surface area (Å²) < 4.78 is 4.91. The number of aromatic nitrogens is 3. The van der Waals surface area contributed by atoms with Crippen molar-refractivity contribution in [1.82, 2.24) is 14.1 Å². The maximum absolute atomic E-state index is 9.94. The summed E-state index contributed by atoms with van der Waals surface area (Å²) in [4.78, 5) is 10.8. The molecule has 6 heteroatoms. The molecule has 4 aliphatic rings. The zero-order valence-electron chi connectivity index (χ0n) is 53.8. The largest absolute Gasteiger partial charge is 0.309 e. The van der Waals surface area contributed by atoms with Crippen molar-refractivity contribution in [1.29, 1.82) is 5.26 Å². The molecule has 2 aliphatic heterocycles. The van der Waals surface area contributed by atoms with Gasteiger partial charge in [0.1, 0.15) is 5.82 Å². The van der Waals surface area contributed by atoms with Crippen LogP contribution in [0.15, 0.2) is 347 Å². The smallest absolute Gasteiger partial charge is 0.138 e. The van der Waals surface area contributed by atoms with Crippen LogP contribution >= 0.6 is 23.5 Å². The highest BCUT2D eigenvalue weighted by molar-refractivity contribution is 7.99. The number of hydrogen-bond acceptors (Lipinski definition) is 4. The molecule has 0 fully saturated rings. The van der Waals surface area contributed by atoms with Gasteiger partial charge in [-0.15, -0.1) is 0 Å². The highest BCUT2D eigenvalue weighted by Gasteiger charge is 2.53. The highest BCUT2D eigenvalue weighted by atomic mass is 32.2. The molecule has 22 rings (SSSR count). The number of rotatable bonds is 5. The van der Waals surface area contributed by atoms with Crippen LogP contribution in [0, 0.1) is 11.3 Å². The predicted octanol–water partition coefficient (Wildman–Crippen LogP) is 24.1. The zero-order chi connectivity index (χ0) is 65.5. The van der Waals surface area contributed by atoms with Crippen LogP contribution < -0.4 is 0 Å². The van der Waals surface area contributed by atoms with Gasteiger partial charge in [-0.3, -0.25) is 4.57 Å². The van der Waals surface area contributed by atoms with Crippen LogP contribution in [0.3, 0.4) is 0 Å². The predicted molar refractivity (Wildman–Crippen MR) is 412 cm³/mol. The molecule has 0 N–H and O–H groups in total. The van der Waals surface area contributed by atoms with E-state index < -0.39 is 10.8 Å². The Morgan fingerprint density at radius 2 is 0.780 bits per heavy atom. The van der Waals surface area contributed by atoms with E-state index in [1.807, 2.05) is 35.7 Å². The van der Waals surface area contributed by atoms with Crippen molar-refractivity contribution >= 4 is 88.7 Å². The van der Waals surface area contributed by atoms with Gasteiger partial charge in [0.05, 0.1) is 50.2 Å². The maximum atomic E-state index is 9.94. The summed E-state index contributed by atoms with van der Waals surface area (Å²) in [6, 6.07) is 125. The molecule has 100 heavy (non-hydrogen) atoms. The number of fused-ring (bicyclic) bond motifs is 28. The number of benzene rings is 15. The number of nitrogens with zero attached hydrogens (tertiary/aromatic N) is 4. The van der Waals surface area contributed by atoms with Crippen LogP contribution in [0.2, 0.25) is 0 Å². The Balaban J connectivity index is 0.757. The lowest BCUT2D eigenvalue weighted by molar-refractivity contribution is 0.724. The van der Waals surface area contributed by atoms with Gasteiger partial charge >= 0.3 is 0 Å². The molecule has 1 unspecified atom stereocenters. The van der Waals surface area contributed by atoms with Crippen LogP contribution in [0.1, 0.15) is 50.1 Å². The van der Waals surface area contributed by atoms with Gasteiger partial charge in [-0.25, -0.2) is 4.98 Å². The average Bonchev–Trinajstić information content (AvgIpc) is 1.49. The molecular formula is C94H54N4S2. The Morgan fingerprint density at radius 1 is 0.300 bits per heavy atom. The van der Waals surface area contributed by atoms with Crippen molar-refractivity contribution in [2.24, 2.45) is 0 Å². The van der Waals surface area contributed by atoms with E-state index in [1.54, 1.807) is 0 Å². The minimum atomic E-state index is -0.657. The van der Waals surface area contributed by atoms with Crippen LogP contribution in [-0.4, -0.2) is 14.1 Å². The van der Waals surface area contributed by atoms with Crippen LogP contribution in [0.5, 0.6) is 0 Å². The molecule has 1 atom stereocenters. The fourth-order valence-electron chi connectivity index (χ4n) is 18.2. The van der Waals surface area contributed by atoms with Gasteiger partial charge in [0.2, 0.25) is 0 Å². The Kier molecular flexibility index (Phi) is 11.7. The molecule has 2 spiro atoms. The molecule has 0 bridgehead atoms. The second-order valence-electron chi connectivity index (χ2n) is 27.0. The summed E-state index contributed by atoms with van der Waals surface area (Å²) in [5, 5.41) is 19.4. The van der Waals surface area contributed by atoms with E-state index in [0.717, 1.165) is 61.5 Å². The number of hydrogen-bond donors (Lipinski definition) is 0. The van der Waals surface area contributed by atoms with E-state index in [4.69, 9.17) is 4.98 Å². The SMILES string of the molecule is N#Cc1ccc(-n2c3cc4c(cc3c3ccc5ccccc5c32)C2(c3ccccc3S4)c3ccccc3-c3c(-c4cccc(-c5cc(-c6ccccc6)nc(-n6c7cc8c(cc7c7ccc9ccccc9c76)C6(c7ccccc7S8)c7ccccc7-c7ccccc76)c5)c4)cccc32)cc1. The first kappa shape index (κ1) is 55.8. The Labute approximate surface area is 585 Å². The standard InChI is InChI=1S/C94H54N4S2/c95-55-56-40-44-63(45-41-56)97-83-53-87-81(51-72(83)69-46-42-57-20-4-6-26-65(57)91(69)97)94(78-36-15-17-39-86(78)100-87)76-34-13-10-30-71(76)90-64(31-19-37-79(90)94)61-25-18-24-60(48-61)62-49-82(59-22-2-1-3-23-59)96-89(50-62)98-84-54-88-80(52-73(84)70-47-43-58-21-5-7-27-66(58)92(70)98)93(77-35-14-16-38-85(77)99-88)74-32-11-8-28-67(74)68-29-9-12-33-75(68)93/h1-54H. The average molecular weight is 1300 g/mol. The quantitative estimate of drug-likeness (QED) is 0.172. The third-order valence-corrected chi connectivity index (χ3v) is 24.5. The summed E-state index contributed by atoms with van der Waals surface area (Å²) in [6.45, 7) is 0. The molecule has 0 saturated heterocycles. The molecule has 4 nitrogen and oxygen atoms in total. The first-order chi connectivity index (χ1) is 49.5. The summed E-state index contributed by atoms with van der Waals surface area (Å²) >= 11 is 3.76. The molecule has 18 aromatic rings. The maximum Gasteiger partial charge on any atom is 0.138 e. The minimum Gasteiger partial charge on any atom is -0.309 e. The van der Waals surface area contributed by atoms with Crippen molar-refractivity contribution < 1.29 is 0 Å². The normalized spacial score (nSPS) is 14.8. The molecule has 2 aliphatic carbocycles. The van der Waals surface area contributed by atoms with E-state index in [-0.39, 0.29) is 0 Å². The van der Waals surface area contributed by atoms with Crippen molar-refractivity contribution in [2.45, 2.75) is 30.4 Å². The molecule has 0 amide bonds. The van der Waals surface area contributed by atoms with Gasteiger partial charge in [0, 0.05) is 63.2 Å². The minimum absolute atomic E-state index is 0.528. The summed E-state index contributed by atoms with van der Waals surface area (Å²) in [6.07, 6.45) is 0. The first-order valence-corrected chi connectivity index (χ1v) is 35.8. The van der Waals surface area contributed by atoms with Gasteiger partial charge in [-0.05, 0) is 179 Å². The van der Waals surface area contributed by atoms with Crippen molar-refractivity contribution in [3.63, 3.8) is 0 Å². The van der Waals surface area contributed by atoms with E-state index in [0.29, 0.717) is 5.56 Å².